The second-order valence-corrected chi connectivity index (χ2v) is 5.79. The van der Waals surface area contributed by atoms with Gasteiger partial charge in [-0.1, -0.05) is 47.7 Å². The zero-order valence-electron chi connectivity index (χ0n) is 14.4. The maximum atomic E-state index is 13.5. The molecule has 134 valence electrons. The van der Waals surface area contributed by atoms with Crippen LogP contribution in [0.3, 0.4) is 0 Å². The number of carbonyl (C=O) groups excluding carboxylic acids is 1. The monoisotopic (exact) mass is 354 g/mol. The largest absolute Gasteiger partial charge is 0.489 e. The predicted octanol–water partition coefficient (Wildman–Crippen LogP) is 2.62. The first-order valence-corrected chi connectivity index (χ1v) is 8.20. The first kappa shape index (κ1) is 17.6. The number of ether oxygens (including phenoxy) is 1. The highest BCUT2D eigenvalue weighted by Crippen LogP contribution is 2.15. The number of hydrogen-bond acceptors (Lipinski definition) is 4. The van der Waals surface area contributed by atoms with Crippen LogP contribution in [0.15, 0.2) is 60.8 Å². The first-order valence-electron chi connectivity index (χ1n) is 8.20. The van der Waals surface area contributed by atoms with Crippen LogP contribution in [0.25, 0.3) is 0 Å². The summed E-state index contributed by atoms with van der Waals surface area (Å²) in [6.45, 7) is 1.03. The van der Waals surface area contributed by atoms with Crippen LogP contribution in [0.4, 0.5) is 4.39 Å². The Kier molecular flexibility index (Phi) is 5.58. The summed E-state index contributed by atoms with van der Waals surface area (Å²) in [4.78, 5) is 13.9. The van der Waals surface area contributed by atoms with E-state index in [4.69, 9.17) is 4.74 Å². The van der Waals surface area contributed by atoms with Crippen LogP contribution in [0, 0.1) is 5.82 Å². The summed E-state index contributed by atoms with van der Waals surface area (Å²) in [5.41, 5.74) is 1.33. The van der Waals surface area contributed by atoms with Gasteiger partial charge in [0.2, 0.25) is 0 Å². The van der Waals surface area contributed by atoms with E-state index in [2.05, 4.69) is 10.3 Å². The van der Waals surface area contributed by atoms with Gasteiger partial charge in [-0.15, -0.1) is 5.10 Å². The summed E-state index contributed by atoms with van der Waals surface area (Å²) in [7, 11) is 1.64. The molecule has 0 saturated heterocycles. The molecule has 0 bridgehead atoms. The Morgan fingerprint density at radius 2 is 1.88 bits per heavy atom. The lowest BCUT2D eigenvalue weighted by atomic mass is 10.2. The molecule has 0 aliphatic rings. The number of para-hydroxylation sites is 1. The summed E-state index contributed by atoms with van der Waals surface area (Å²) in [5.74, 6) is -0.520. The van der Waals surface area contributed by atoms with Crippen LogP contribution in [-0.4, -0.2) is 46.0 Å². The zero-order chi connectivity index (χ0) is 18.4. The Hall–Kier alpha value is -3.22. The van der Waals surface area contributed by atoms with Gasteiger partial charge in [0.25, 0.3) is 5.91 Å². The van der Waals surface area contributed by atoms with Crippen molar-refractivity contribution < 1.29 is 13.9 Å². The second-order valence-electron chi connectivity index (χ2n) is 5.79. The minimum atomic E-state index is -0.426. The van der Waals surface area contributed by atoms with E-state index in [1.165, 1.54) is 11.0 Å². The average Bonchev–Trinajstić information content (AvgIpc) is 3.12. The number of rotatable bonds is 7. The summed E-state index contributed by atoms with van der Waals surface area (Å²) in [6.07, 6.45) is 1.61. The van der Waals surface area contributed by atoms with Gasteiger partial charge in [-0.05, 0) is 17.7 Å². The molecule has 1 aromatic heterocycles. The Morgan fingerprint density at radius 1 is 1.15 bits per heavy atom. The van der Waals surface area contributed by atoms with Crippen LogP contribution in [0.1, 0.15) is 16.1 Å². The quantitative estimate of drug-likeness (QED) is 0.654. The normalized spacial score (nSPS) is 10.5. The number of halogens is 1. The maximum Gasteiger partial charge on any atom is 0.275 e. The molecule has 3 aromatic rings. The smallest absolute Gasteiger partial charge is 0.275 e. The number of benzene rings is 2. The fourth-order valence-electron chi connectivity index (χ4n) is 2.40. The number of nitrogens with zero attached hydrogens (tertiary/aromatic N) is 4. The van der Waals surface area contributed by atoms with E-state index >= 15 is 0 Å². The van der Waals surface area contributed by atoms with Crippen molar-refractivity contribution in [3.05, 3.63) is 77.9 Å². The van der Waals surface area contributed by atoms with Crippen LogP contribution in [0.2, 0.25) is 0 Å². The fourth-order valence-corrected chi connectivity index (χ4v) is 2.40. The standard InChI is InChI=1S/C19H19FN4O2/c1-23(11-12-26-18-10-6-5-9-16(18)20)19(25)17-14-24(22-21-17)13-15-7-3-2-4-8-15/h2-10,14H,11-13H2,1H3. The number of aromatic nitrogens is 3. The summed E-state index contributed by atoms with van der Waals surface area (Å²) < 4.78 is 20.5. The molecule has 2 aromatic carbocycles. The highest BCUT2D eigenvalue weighted by molar-refractivity contribution is 5.91. The average molecular weight is 354 g/mol. The molecular formula is C19H19FN4O2. The Bertz CT molecular complexity index is 867. The van der Waals surface area contributed by atoms with Gasteiger partial charge < -0.3 is 9.64 Å². The van der Waals surface area contributed by atoms with E-state index in [1.807, 2.05) is 30.3 Å². The lowest BCUT2D eigenvalue weighted by molar-refractivity contribution is 0.0767. The van der Waals surface area contributed by atoms with Crippen LogP contribution in [0.5, 0.6) is 5.75 Å². The highest BCUT2D eigenvalue weighted by Gasteiger charge is 2.16. The SMILES string of the molecule is CN(CCOc1ccccc1F)C(=O)c1cn(Cc2ccccc2)nn1. The highest BCUT2D eigenvalue weighted by atomic mass is 19.1. The molecule has 1 amide bonds. The van der Waals surface area contributed by atoms with Crippen molar-refractivity contribution in [1.29, 1.82) is 0 Å². The Morgan fingerprint density at radius 3 is 2.65 bits per heavy atom. The molecule has 0 atom stereocenters. The minimum Gasteiger partial charge on any atom is -0.489 e. The molecule has 0 aliphatic heterocycles. The molecule has 7 heteroatoms. The number of likely N-dealkylation sites (N-methyl/N-ethyl adjacent to an activating group) is 1. The topological polar surface area (TPSA) is 60.2 Å². The molecule has 0 spiro atoms. The summed E-state index contributed by atoms with van der Waals surface area (Å²) in [5, 5.41) is 7.93. The third kappa shape index (κ3) is 4.44. The maximum absolute atomic E-state index is 13.5. The van der Waals surface area contributed by atoms with Gasteiger partial charge >= 0.3 is 0 Å². The van der Waals surface area contributed by atoms with Crippen molar-refractivity contribution in [3.63, 3.8) is 0 Å². The minimum absolute atomic E-state index is 0.169. The molecule has 26 heavy (non-hydrogen) atoms. The lowest BCUT2D eigenvalue weighted by Crippen LogP contribution is -2.31. The van der Waals surface area contributed by atoms with Gasteiger partial charge in [-0.2, -0.15) is 0 Å². The molecule has 1 heterocycles. The number of amides is 1. The molecule has 0 unspecified atom stereocenters. The molecule has 0 saturated carbocycles. The van der Waals surface area contributed by atoms with E-state index in [0.29, 0.717) is 13.1 Å². The number of hydrogen-bond donors (Lipinski definition) is 0. The molecular weight excluding hydrogens is 335 g/mol. The van der Waals surface area contributed by atoms with E-state index in [9.17, 15) is 9.18 Å². The van der Waals surface area contributed by atoms with Gasteiger partial charge in [0.1, 0.15) is 6.61 Å². The Balaban J connectivity index is 1.53. The van der Waals surface area contributed by atoms with Gasteiger partial charge in [-0.3, -0.25) is 4.79 Å². The molecule has 0 fully saturated rings. The lowest BCUT2D eigenvalue weighted by Gasteiger charge is -2.16. The second kappa shape index (κ2) is 8.24. The van der Waals surface area contributed by atoms with Crippen LogP contribution < -0.4 is 4.74 Å². The first-order chi connectivity index (χ1) is 12.6. The van der Waals surface area contributed by atoms with Gasteiger partial charge in [0.05, 0.1) is 19.3 Å². The molecule has 0 radical (unpaired) electrons. The van der Waals surface area contributed by atoms with Crippen molar-refractivity contribution in [2.75, 3.05) is 20.2 Å². The van der Waals surface area contributed by atoms with Crippen molar-refractivity contribution in [3.8, 4) is 5.75 Å². The fraction of sp³-hybridized carbons (Fsp3) is 0.211. The van der Waals surface area contributed by atoms with Crippen LogP contribution >= 0.6 is 0 Å². The van der Waals surface area contributed by atoms with Gasteiger partial charge in [0, 0.05) is 7.05 Å². The third-order valence-corrected chi connectivity index (χ3v) is 3.81. The van der Waals surface area contributed by atoms with E-state index in [0.717, 1.165) is 5.56 Å². The van der Waals surface area contributed by atoms with Crippen LogP contribution in [-0.2, 0) is 6.54 Å². The molecule has 3 rings (SSSR count). The van der Waals surface area contributed by atoms with Crippen molar-refractivity contribution >= 4 is 5.91 Å². The van der Waals surface area contributed by atoms with E-state index < -0.39 is 5.82 Å². The summed E-state index contributed by atoms with van der Waals surface area (Å²) >= 11 is 0. The van der Waals surface area contributed by atoms with Crippen molar-refractivity contribution in [1.82, 2.24) is 19.9 Å². The third-order valence-electron chi connectivity index (χ3n) is 3.81. The van der Waals surface area contributed by atoms with E-state index in [-0.39, 0.29) is 24.0 Å². The predicted molar refractivity (Wildman–Crippen MR) is 94.4 cm³/mol. The van der Waals surface area contributed by atoms with Crippen molar-refractivity contribution in [2.45, 2.75) is 6.54 Å². The van der Waals surface area contributed by atoms with Gasteiger partial charge in [-0.25, -0.2) is 9.07 Å². The zero-order valence-corrected chi connectivity index (χ0v) is 14.4. The molecule has 0 aliphatic carbocycles. The number of carbonyl (C=O) groups is 1. The molecule has 0 N–H and O–H groups in total. The Labute approximate surface area is 150 Å². The summed E-state index contributed by atoms with van der Waals surface area (Å²) in [6, 6.07) is 16.0. The van der Waals surface area contributed by atoms with Gasteiger partial charge in [0.15, 0.2) is 17.3 Å². The van der Waals surface area contributed by atoms with Crippen molar-refractivity contribution in [2.24, 2.45) is 0 Å². The molecule has 6 nitrogen and oxygen atoms in total. The van der Waals surface area contributed by atoms with E-state index in [1.54, 1.807) is 36.1 Å².